The van der Waals surface area contributed by atoms with Gasteiger partial charge in [-0.2, -0.15) is 0 Å². The van der Waals surface area contributed by atoms with Gasteiger partial charge in [0.1, 0.15) is 0 Å². The summed E-state index contributed by atoms with van der Waals surface area (Å²) in [6.45, 7) is 3.89. The van der Waals surface area contributed by atoms with Crippen LogP contribution in [0.25, 0.3) is 0 Å². The van der Waals surface area contributed by atoms with Gasteiger partial charge in [-0.25, -0.2) is 0 Å². The van der Waals surface area contributed by atoms with Crippen molar-refractivity contribution in [3.63, 3.8) is 0 Å². The van der Waals surface area contributed by atoms with Crippen LogP contribution in [0.2, 0.25) is 5.02 Å². The molecule has 1 amide bonds. The molecule has 88 valence electrons. The van der Waals surface area contributed by atoms with Crippen LogP contribution in [-0.2, 0) is 0 Å². The molecule has 1 rings (SSSR count). The molecule has 1 unspecified atom stereocenters. The van der Waals surface area contributed by atoms with Crippen LogP contribution in [0, 0.1) is 6.92 Å². The minimum atomic E-state index is -0.0636. The van der Waals surface area contributed by atoms with E-state index in [0.717, 1.165) is 17.3 Å². The Kier molecular flexibility index (Phi) is 5.29. The summed E-state index contributed by atoms with van der Waals surface area (Å²) in [7, 11) is 0. The summed E-state index contributed by atoms with van der Waals surface area (Å²) in [4.78, 5) is 12.0. The Morgan fingerprint density at radius 2 is 2.25 bits per heavy atom. The molecular formula is C12H15BrClNO. The number of hydrogen-bond donors (Lipinski definition) is 1. The van der Waals surface area contributed by atoms with Gasteiger partial charge in [0.15, 0.2) is 0 Å². The van der Waals surface area contributed by atoms with E-state index >= 15 is 0 Å². The number of alkyl halides is 1. The fourth-order valence-corrected chi connectivity index (χ4v) is 2.16. The molecule has 0 saturated carbocycles. The van der Waals surface area contributed by atoms with Gasteiger partial charge in [-0.1, -0.05) is 40.5 Å². The van der Waals surface area contributed by atoms with Crippen LogP contribution in [-0.4, -0.2) is 17.3 Å². The third-order valence-corrected chi connectivity index (χ3v) is 3.72. The van der Waals surface area contributed by atoms with Gasteiger partial charge in [-0.05, 0) is 31.0 Å². The summed E-state index contributed by atoms with van der Waals surface area (Å²) in [5.74, 6) is -0.0636. The molecule has 1 aromatic rings. The monoisotopic (exact) mass is 303 g/mol. The number of amides is 1. The number of hydrogen-bond acceptors (Lipinski definition) is 1. The van der Waals surface area contributed by atoms with Crippen molar-refractivity contribution in [2.24, 2.45) is 0 Å². The second-order valence-electron chi connectivity index (χ2n) is 3.65. The topological polar surface area (TPSA) is 29.1 Å². The third kappa shape index (κ3) is 3.22. The van der Waals surface area contributed by atoms with Gasteiger partial charge in [0.25, 0.3) is 5.91 Å². The van der Waals surface area contributed by atoms with Crippen LogP contribution < -0.4 is 5.32 Å². The van der Waals surface area contributed by atoms with Crippen LogP contribution in [0.4, 0.5) is 0 Å². The molecule has 0 aliphatic carbocycles. The number of carbonyl (C=O) groups is 1. The maximum absolute atomic E-state index is 12.0. The van der Waals surface area contributed by atoms with Crippen LogP contribution in [0.15, 0.2) is 18.2 Å². The van der Waals surface area contributed by atoms with Gasteiger partial charge in [-0.3, -0.25) is 4.79 Å². The van der Waals surface area contributed by atoms with Gasteiger partial charge in [0.05, 0.1) is 0 Å². The summed E-state index contributed by atoms with van der Waals surface area (Å²) in [5, 5.41) is 4.34. The molecule has 0 fully saturated rings. The minimum Gasteiger partial charge on any atom is -0.348 e. The highest BCUT2D eigenvalue weighted by atomic mass is 79.9. The Bertz CT molecular complexity index is 377. The lowest BCUT2D eigenvalue weighted by Gasteiger charge is -2.15. The fourth-order valence-electron chi connectivity index (χ4n) is 1.37. The number of halogens is 2. The first-order chi connectivity index (χ1) is 7.60. The van der Waals surface area contributed by atoms with E-state index in [1.54, 1.807) is 18.2 Å². The largest absolute Gasteiger partial charge is 0.348 e. The summed E-state index contributed by atoms with van der Waals surface area (Å²) in [6.07, 6.45) is 0.899. The highest BCUT2D eigenvalue weighted by Crippen LogP contribution is 2.18. The summed E-state index contributed by atoms with van der Waals surface area (Å²) in [6, 6.07) is 5.53. The van der Waals surface area contributed by atoms with Gasteiger partial charge < -0.3 is 5.32 Å². The van der Waals surface area contributed by atoms with Crippen molar-refractivity contribution in [1.82, 2.24) is 5.32 Å². The van der Waals surface area contributed by atoms with Crippen LogP contribution in [0.3, 0.4) is 0 Å². The number of nitrogens with one attached hydrogen (secondary N) is 1. The van der Waals surface area contributed by atoms with E-state index in [0.29, 0.717) is 10.6 Å². The Hall–Kier alpha value is -0.540. The molecule has 0 radical (unpaired) electrons. The van der Waals surface area contributed by atoms with Gasteiger partial charge in [0, 0.05) is 22.0 Å². The van der Waals surface area contributed by atoms with Crippen molar-refractivity contribution >= 4 is 33.4 Å². The molecule has 0 aliphatic rings. The van der Waals surface area contributed by atoms with Crippen LogP contribution in [0.5, 0.6) is 0 Å². The zero-order valence-electron chi connectivity index (χ0n) is 9.39. The van der Waals surface area contributed by atoms with E-state index in [4.69, 9.17) is 11.6 Å². The Morgan fingerprint density at radius 3 is 2.81 bits per heavy atom. The van der Waals surface area contributed by atoms with E-state index < -0.39 is 0 Å². The standard InChI is InChI=1S/C12H15BrClNO/c1-3-9(7-13)15-12(16)10-5-4-6-11(14)8(10)2/h4-6,9H,3,7H2,1-2H3,(H,15,16). The molecule has 16 heavy (non-hydrogen) atoms. The zero-order valence-corrected chi connectivity index (χ0v) is 11.7. The molecule has 0 heterocycles. The summed E-state index contributed by atoms with van der Waals surface area (Å²) >= 11 is 9.34. The van der Waals surface area contributed by atoms with Crippen molar-refractivity contribution in [2.45, 2.75) is 26.3 Å². The lowest BCUT2D eigenvalue weighted by molar-refractivity contribution is 0.0939. The SMILES string of the molecule is CCC(CBr)NC(=O)c1cccc(Cl)c1C. The average molecular weight is 305 g/mol. The van der Waals surface area contributed by atoms with Crippen LogP contribution >= 0.6 is 27.5 Å². The first-order valence-corrected chi connectivity index (χ1v) is 6.72. The normalized spacial score (nSPS) is 12.2. The van der Waals surface area contributed by atoms with E-state index in [-0.39, 0.29) is 11.9 Å². The lowest BCUT2D eigenvalue weighted by Crippen LogP contribution is -2.35. The Balaban J connectivity index is 2.84. The lowest BCUT2D eigenvalue weighted by atomic mass is 10.1. The second kappa shape index (κ2) is 6.26. The molecule has 1 N–H and O–H groups in total. The third-order valence-electron chi connectivity index (χ3n) is 2.53. The van der Waals surface area contributed by atoms with Crippen LogP contribution in [0.1, 0.15) is 29.3 Å². The maximum atomic E-state index is 12.0. The second-order valence-corrected chi connectivity index (χ2v) is 4.70. The van der Waals surface area contributed by atoms with E-state index in [1.165, 1.54) is 0 Å². The van der Waals surface area contributed by atoms with Crippen molar-refractivity contribution < 1.29 is 4.79 Å². The Morgan fingerprint density at radius 1 is 1.56 bits per heavy atom. The molecule has 0 spiro atoms. The van der Waals surface area contributed by atoms with E-state index in [1.807, 2.05) is 13.8 Å². The molecule has 0 saturated heterocycles. The molecule has 1 aromatic carbocycles. The van der Waals surface area contributed by atoms with Crippen molar-refractivity contribution in [2.75, 3.05) is 5.33 Å². The first kappa shape index (κ1) is 13.5. The average Bonchev–Trinajstić information content (AvgIpc) is 2.29. The smallest absolute Gasteiger partial charge is 0.251 e. The summed E-state index contributed by atoms with van der Waals surface area (Å²) < 4.78 is 0. The fraction of sp³-hybridized carbons (Fsp3) is 0.417. The molecule has 2 nitrogen and oxygen atoms in total. The van der Waals surface area contributed by atoms with E-state index in [9.17, 15) is 4.79 Å². The number of carbonyl (C=O) groups excluding carboxylic acids is 1. The Labute approximate surface area is 110 Å². The molecular weight excluding hydrogens is 289 g/mol. The molecule has 4 heteroatoms. The predicted octanol–water partition coefficient (Wildman–Crippen LogP) is 3.55. The highest BCUT2D eigenvalue weighted by molar-refractivity contribution is 9.09. The van der Waals surface area contributed by atoms with Crippen molar-refractivity contribution in [3.05, 3.63) is 34.3 Å². The van der Waals surface area contributed by atoms with Gasteiger partial charge >= 0.3 is 0 Å². The molecule has 1 atom stereocenters. The zero-order chi connectivity index (χ0) is 12.1. The maximum Gasteiger partial charge on any atom is 0.251 e. The van der Waals surface area contributed by atoms with E-state index in [2.05, 4.69) is 21.2 Å². The minimum absolute atomic E-state index is 0.0636. The van der Waals surface area contributed by atoms with Crippen molar-refractivity contribution in [1.29, 1.82) is 0 Å². The predicted molar refractivity (Wildman–Crippen MR) is 71.5 cm³/mol. The molecule has 0 bridgehead atoms. The van der Waals surface area contributed by atoms with Gasteiger partial charge in [-0.15, -0.1) is 0 Å². The highest BCUT2D eigenvalue weighted by Gasteiger charge is 2.13. The number of rotatable bonds is 4. The molecule has 0 aromatic heterocycles. The quantitative estimate of drug-likeness (QED) is 0.847. The first-order valence-electron chi connectivity index (χ1n) is 5.22. The van der Waals surface area contributed by atoms with Gasteiger partial charge in [0.2, 0.25) is 0 Å². The summed E-state index contributed by atoms with van der Waals surface area (Å²) in [5.41, 5.74) is 1.47. The van der Waals surface area contributed by atoms with Crippen molar-refractivity contribution in [3.8, 4) is 0 Å². The molecule has 0 aliphatic heterocycles. The number of benzene rings is 1.